The lowest BCUT2D eigenvalue weighted by Gasteiger charge is -2.14. The zero-order valence-corrected chi connectivity index (χ0v) is 12.8. The van der Waals surface area contributed by atoms with Crippen LogP contribution >= 0.6 is 11.6 Å². The Balaban J connectivity index is 2.03. The van der Waals surface area contributed by atoms with Gasteiger partial charge < -0.3 is 15.2 Å². The van der Waals surface area contributed by atoms with E-state index in [1.807, 2.05) is 0 Å². The molecule has 2 aromatic rings. The molecule has 120 valence electrons. The summed E-state index contributed by atoms with van der Waals surface area (Å²) >= 11 is 5.67. The Labute approximate surface area is 136 Å². The van der Waals surface area contributed by atoms with Crippen molar-refractivity contribution in [2.24, 2.45) is 0 Å². The van der Waals surface area contributed by atoms with Crippen LogP contribution in [0.15, 0.2) is 42.5 Å². The number of halogens is 2. The SMILES string of the molecule is C[C@@H](OC(=O)c1ccc(Cl)cc1O)C(=O)Nc1ccccc1F. The molecule has 2 aromatic carbocycles. The summed E-state index contributed by atoms with van der Waals surface area (Å²) in [5.74, 6) is -2.55. The monoisotopic (exact) mass is 337 g/mol. The standard InChI is InChI=1S/C16H13ClFNO4/c1-9(15(21)19-13-5-3-2-4-12(13)18)23-16(22)11-7-6-10(17)8-14(11)20/h2-9,20H,1H3,(H,19,21)/t9-/m1/s1. The van der Waals surface area contributed by atoms with Gasteiger partial charge in [0.05, 0.1) is 5.69 Å². The van der Waals surface area contributed by atoms with Gasteiger partial charge in [0.15, 0.2) is 6.10 Å². The lowest BCUT2D eigenvalue weighted by atomic mass is 10.2. The molecule has 0 aliphatic rings. The lowest BCUT2D eigenvalue weighted by Crippen LogP contribution is -2.30. The predicted octanol–water partition coefficient (Wildman–Crippen LogP) is 3.37. The quantitative estimate of drug-likeness (QED) is 0.839. The molecular formula is C16H13ClFNO4. The van der Waals surface area contributed by atoms with Crippen LogP contribution < -0.4 is 5.32 Å². The number of phenols is 1. The summed E-state index contributed by atoms with van der Waals surface area (Å²) < 4.78 is 18.4. The van der Waals surface area contributed by atoms with Gasteiger partial charge in [0.25, 0.3) is 5.91 Å². The van der Waals surface area contributed by atoms with Gasteiger partial charge in [-0.15, -0.1) is 0 Å². The number of aromatic hydroxyl groups is 1. The molecule has 1 amide bonds. The summed E-state index contributed by atoms with van der Waals surface area (Å²) in [5.41, 5.74) is -0.144. The normalized spacial score (nSPS) is 11.6. The second-order valence-corrected chi connectivity index (χ2v) is 5.11. The molecule has 1 atom stereocenters. The molecule has 2 rings (SSSR count). The van der Waals surface area contributed by atoms with E-state index in [4.69, 9.17) is 16.3 Å². The van der Waals surface area contributed by atoms with Gasteiger partial charge in [-0.05, 0) is 37.3 Å². The maximum absolute atomic E-state index is 13.5. The summed E-state index contributed by atoms with van der Waals surface area (Å²) in [6.07, 6.45) is -1.18. The first-order chi connectivity index (χ1) is 10.9. The molecule has 0 bridgehead atoms. The summed E-state index contributed by atoms with van der Waals surface area (Å²) in [7, 11) is 0. The molecule has 23 heavy (non-hydrogen) atoms. The first-order valence-corrected chi connectivity index (χ1v) is 7.01. The van der Waals surface area contributed by atoms with Crippen molar-refractivity contribution in [2.75, 3.05) is 5.32 Å². The van der Waals surface area contributed by atoms with E-state index in [0.29, 0.717) is 0 Å². The van der Waals surface area contributed by atoms with Gasteiger partial charge >= 0.3 is 5.97 Å². The summed E-state index contributed by atoms with van der Waals surface area (Å²) in [5, 5.41) is 12.2. The van der Waals surface area contributed by atoms with E-state index >= 15 is 0 Å². The maximum atomic E-state index is 13.5. The van der Waals surface area contributed by atoms with Gasteiger partial charge in [0, 0.05) is 5.02 Å². The number of anilines is 1. The number of para-hydroxylation sites is 1. The molecule has 0 spiro atoms. The van der Waals surface area contributed by atoms with E-state index in [9.17, 15) is 19.1 Å². The Morgan fingerprint density at radius 1 is 1.26 bits per heavy atom. The summed E-state index contributed by atoms with van der Waals surface area (Å²) in [4.78, 5) is 23.9. The van der Waals surface area contributed by atoms with Gasteiger partial charge in [-0.25, -0.2) is 9.18 Å². The van der Waals surface area contributed by atoms with E-state index in [2.05, 4.69) is 5.32 Å². The third-order valence-electron chi connectivity index (χ3n) is 2.96. The number of phenolic OH excluding ortho intramolecular Hbond substituents is 1. The fourth-order valence-electron chi connectivity index (χ4n) is 1.75. The topological polar surface area (TPSA) is 75.6 Å². The van der Waals surface area contributed by atoms with Crippen molar-refractivity contribution in [3.63, 3.8) is 0 Å². The molecule has 2 N–H and O–H groups in total. The number of amides is 1. The van der Waals surface area contributed by atoms with Gasteiger partial charge in [0.2, 0.25) is 0 Å². The third kappa shape index (κ3) is 4.20. The average Bonchev–Trinajstić information content (AvgIpc) is 2.49. The van der Waals surface area contributed by atoms with Crippen molar-refractivity contribution in [1.82, 2.24) is 0 Å². The zero-order chi connectivity index (χ0) is 17.0. The van der Waals surface area contributed by atoms with Crippen LogP contribution in [0.4, 0.5) is 10.1 Å². The molecule has 0 heterocycles. The highest BCUT2D eigenvalue weighted by Crippen LogP contribution is 2.23. The van der Waals surface area contributed by atoms with E-state index in [0.717, 1.165) is 0 Å². The fraction of sp³-hybridized carbons (Fsp3) is 0.125. The number of hydrogen-bond acceptors (Lipinski definition) is 4. The number of hydrogen-bond donors (Lipinski definition) is 2. The Hall–Kier alpha value is -2.60. The van der Waals surface area contributed by atoms with Crippen molar-refractivity contribution in [3.8, 4) is 5.75 Å². The highest BCUT2D eigenvalue weighted by atomic mass is 35.5. The van der Waals surface area contributed by atoms with Crippen LogP contribution in [0.5, 0.6) is 5.75 Å². The molecule has 0 fully saturated rings. The van der Waals surface area contributed by atoms with Crippen LogP contribution in [0.2, 0.25) is 5.02 Å². The number of carbonyl (C=O) groups is 2. The minimum atomic E-state index is -1.18. The van der Waals surface area contributed by atoms with E-state index in [1.165, 1.54) is 43.3 Å². The van der Waals surface area contributed by atoms with Crippen molar-refractivity contribution >= 4 is 29.2 Å². The first kappa shape index (κ1) is 16.8. The van der Waals surface area contributed by atoms with Crippen LogP contribution in [0, 0.1) is 5.82 Å². The van der Waals surface area contributed by atoms with E-state index in [1.54, 1.807) is 6.07 Å². The van der Waals surface area contributed by atoms with Crippen LogP contribution in [0.25, 0.3) is 0 Å². The van der Waals surface area contributed by atoms with Gasteiger partial charge in [-0.1, -0.05) is 23.7 Å². The number of nitrogens with one attached hydrogen (secondary N) is 1. The molecule has 0 saturated heterocycles. The molecule has 0 saturated carbocycles. The average molecular weight is 338 g/mol. The second kappa shape index (κ2) is 7.11. The van der Waals surface area contributed by atoms with Crippen LogP contribution in [0.3, 0.4) is 0 Å². The largest absolute Gasteiger partial charge is 0.507 e. The maximum Gasteiger partial charge on any atom is 0.342 e. The smallest absolute Gasteiger partial charge is 0.342 e. The minimum Gasteiger partial charge on any atom is -0.507 e. The fourth-order valence-corrected chi connectivity index (χ4v) is 1.92. The Morgan fingerprint density at radius 2 is 1.96 bits per heavy atom. The zero-order valence-electron chi connectivity index (χ0n) is 12.0. The van der Waals surface area contributed by atoms with Gasteiger partial charge in [0.1, 0.15) is 17.1 Å². The third-order valence-corrected chi connectivity index (χ3v) is 3.20. The molecule has 0 aliphatic heterocycles. The highest BCUT2D eigenvalue weighted by Gasteiger charge is 2.21. The number of ether oxygens (including phenoxy) is 1. The Morgan fingerprint density at radius 3 is 2.61 bits per heavy atom. The second-order valence-electron chi connectivity index (χ2n) is 4.68. The number of esters is 1. The van der Waals surface area contributed by atoms with Gasteiger partial charge in [-0.2, -0.15) is 0 Å². The number of carbonyl (C=O) groups excluding carboxylic acids is 2. The van der Waals surface area contributed by atoms with E-state index in [-0.39, 0.29) is 22.0 Å². The number of rotatable bonds is 4. The highest BCUT2D eigenvalue weighted by molar-refractivity contribution is 6.30. The van der Waals surface area contributed by atoms with Crippen molar-refractivity contribution in [3.05, 3.63) is 58.9 Å². The van der Waals surface area contributed by atoms with Gasteiger partial charge in [-0.3, -0.25) is 4.79 Å². The first-order valence-electron chi connectivity index (χ1n) is 6.63. The minimum absolute atomic E-state index is 0.0188. The molecule has 0 aromatic heterocycles. The predicted molar refractivity (Wildman–Crippen MR) is 83.0 cm³/mol. The summed E-state index contributed by atoms with van der Waals surface area (Å²) in [6, 6.07) is 9.48. The van der Waals surface area contributed by atoms with Crippen molar-refractivity contribution in [2.45, 2.75) is 13.0 Å². The van der Waals surface area contributed by atoms with E-state index < -0.39 is 23.8 Å². The Bertz CT molecular complexity index is 751. The molecule has 7 heteroatoms. The molecule has 0 aliphatic carbocycles. The van der Waals surface area contributed by atoms with Crippen LogP contribution in [-0.4, -0.2) is 23.1 Å². The molecule has 5 nitrogen and oxygen atoms in total. The molecular weight excluding hydrogens is 325 g/mol. The molecule has 0 unspecified atom stereocenters. The summed E-state index contributed by atoms with van der Waals surface area (Å²) in [6.45, 7) is 1.33. The van der Waals surface area contributed by atoms with Crippen LogP contribution in [-0.2, 0) is 9.53 Å². The van der Waals surface area contributed by atoms with Crippen LogP contribution in [0.1, 0.15) is 17.3 Å². The Kier molecular flexibility index (Phi) is 5.18. The lowest BCUT2D eigenvalue weighted by molar-refractivity contribution is -0.123. The number of benzene rings is 2. The van der Waals surface area contributed by atoms with Crippen molar-refractivity contribution in [1.29, 1.82) is 0 Å². The van der Waals surface area contributed by atoms with Crippen molar-refractivity contribution < 1.29 is 23.8 Å². The molecule has 0 radical (unpaired) electrons.